The maximum atomic E-state index is 15.9. The molecule has 7 rings (SSSR count). The Morgan fingerprint density at radius 1 is 1.05 bits per heavy atom. The number of nitrogens with one attached hydrogen (secondary N) is 1. The number of hydrogen-bond acceptors (Lipinski definition) is 17. The number of fused-ring (bicyclic) bond motifs is 5. The minimum absolute atomic E-state index is 0.0254. The van der Waals surface area contributed by atoms with Crippen LogP contribution in [0.1, 0.15) is 12.5 Å². The lowest BCUT2D eigenvalue weighted by Gasteiger charge is -2.26. The number of H-pyrrole nitrogens is 1. The van der Waals surface area contributed by atoms with Gasteiger partial charge >= 0.3 is 15.0 Å². The first-order valence-electron chi connectivity index (χ1n) is 12.7. The highest BCUT2D eigenvalue weighted by atomic mass is 32.5. The molecule has 2 unspecified atom stereocenters. The van der Waals surface area contributed by atoms with Gasteiger partial charge in [-0.3, -0.25) is 23.4 Å². The Morgan fingerprint density at radius 3 is 2.57 bits per heavy atom. The van der Waals surface area contributed by atoms with E-state index in [0.29, 0.717) is 0 Å². The normalized spacial score (nSPS) is 35.8. The van der Waals surface area contributed by atoms with Crippen molar-refractivity contribution in [3.8, 4) is 0 Å². The Hall–Kier alpha value is -3.14. The molecule has 10 atom stereocenters. The molecule has 0 aromatic carbocycles. The van der Waals surface area contributed by atoms with E-state index in [4.69, 9.17) is 50.8 Å². The minimum atomic E-state index is -4.25. The van der Waals surface area contributed by atoms with Crippen molar-refractivity contribution < 1.29 is 46.5 Å². The van der Waals surface area contributed by atoms with E-state index in [9.17, 15) is 19.4 Å². The van der Waals surface area contributed by atoms with Crippen LogP contribution >= 0.6 is 15.0 Å². The number of imidazole rings is 2. The van der Waals surface area contributed by atoms with Crippen molar-refractivity contribution in [1.29, 1.82) is 0 Å². The molecule has 3 saturated heterocycles. The number of nitrogen functional groups attached to an aromatic ring is 2. The van der Waals surface area contributed by atoms with Gasteiger partial charge < -0.3 is 35.5 Å². The number of halogens is 1. The number of anilines is 2. The fourth-order valence-corrected chi connectivity index (χ4v) is 7.37. The molecule has 0 radical (unpaired) electrons. The SMILES string of the molecule is Nc1nc2c(ncn2[C@@H]2O[C@@H]3CO[P+](=O)O[C@H]4[C@H](F)[C@H](n5cnc6c(N)ncnc65)O[C@@H]4COP(O)(=S)O[C@@H]2[C@@H]3O)c(=O)[nH]1. The zero-order valence-corrected chi connectivity index (χ0v) is 24.5. The summed E-state index contributed by atoms with van der Waals surface area (Å²) in [4.78, 5) is 45.8. The van der Waals surface area contributed by atoms with Crippen molar-refractivity contribution in [2.45, 2.75) is 49.1 Å². The number of aromatic amines is 1. The summed E-state index contributed by atoms with van der Waals surface area (Å²) < 4.78 is 64.9. The summed E-state index contributed by atoms with van der Waals surface area (Å²) in [5, 5.41) is 11.1. The molecule has 7 heterocycles. The van der Waals surface area contributed by atoms with E-state index in [1.165, 1.54) is 28.1 Å². The van der Waals surface area contributed by atoms with Crippen LogP contribution in [0.2, 0.25) is 0 Å². The summed E-state index contributed by atoms with van der Waals surface area (Å²) in [5.41, 5.74) is 11.1. The molecular weight excluding hydrogens is 653 g/mol. The predicted octanol–water partition coefficient (Wildman–Crippen LogP) is -0.691. The molecule has 44 heavy (non-hydrogen) atoms. The first-order chi connectivity index (χ1) is 21.0. The number of hydrogen-bond donors (Lipinski definition) is 5. The smallest absolute Gasteiger partial charge is 0.387 e. The third-order valence-corrected chi connectivity index (χ3v) is 9.51. The van der Waals surface area contributed by atoms with E-state index in [-0.39, 0.29) is 34.1 Å². The number of aliphatic hydroxyl groups excluding tert-OH is 1. The molecule has 4 aromatic rings. The highest BCUT2D eigenvalue weighted by molar-refractivity contribution is 8.07. The predicted molar refractivity (Wildman–Crippen MR) is 147 cm³/mol. The molecule has 7 N–H and O–H groups in total. The molecular formula is C20H22FN10O10P2S+. The van der Waals surface area contributed by atoms with Gasteiger partial charge in [0.2, 0.25) is 5.95 Å². The third kappa shape index (κ3) is 5.07. The van der Waals surface area contributed by atoms with Crippen molar-refractivity contribution in [2.75, 3.05) is 24.7 Å². The second-order valence-corrected chi connectivity index (χ2v) is 13.6. The van der Waals surface area contributed by atoms with E-state index >= 15 is 4.39 Å². The largest absolute Gasteiger partial charge is 0.697 e. The Morgan fingerprint density at radius 2 is 1.77 bits per heavy atom. The lowest BCUT2D eigenvalue weighted by Crippen LogP contribution is -2.35. The number of nitrogens with zero attached hydrogens (tertiary/aromatic N) is 7. The summed E-state index contributed by atoms with van der Waals surface area (Å²) in [6, 6.07) is 0. The summed E-state index contributed by atoms with van der Waals surface area (Å²) in [7, 11) is -3.02. The lowest BCUT2D eigenvalue weighted by atomic mass is 10.1. The summed E-state index contributed by atoms with van der Waals surface area (Å²) in [6.45, 7) is -5.38. The number of ether oxygens (including phenoxy) is 2. The van der Waals surface area contributed by atoms with Crippen LogP contribution in [-0.2, 0) is 43.9 Å². The average Bonchev–Trinajstić information content (AvgIpc) is 3.72. The maximum Gasteiger partial charge on any atom is 0.697 e. The Labute approximate surface area is 249 Å². The molecule has 0 aliphatic carbocycles. The van der Waals surface area contributed by atoms with Crippen molar-refractivity contribution in [1.82, 2.24) is 39.0 Å². The standard InChI is InChI=1S/C20H21FN10O10P2S/c21-8-12-7(39-18(8)30-4-26-9-14(22)24-3-25-15(9)30)2-37-43(35,44)41-13-11(32)6(1-36-42(34)40-12)38-19(13)31-5-27-10-16(31)28-20(23)29-17(10)33/h3-8,11-13,18-19,32H,1-2H2,(H5-,22,23,24,25,28,29,33,35,44)/p+1/t6-,7-,8+,11-,12-,13-,18-,19-,43?/m1/s1. The van der Waals surface area contributed by atoms with Gasteiger partial charge in [0.1, 0.15) is 42.9 Å². The van der Waals surface area contributed by atoms with Gasteiger partial charge in [0.05, 0.1) is 19.3 Å². The second kappa shape index (κ2) is 11.0. The quantitative estimate of drug-likeness (QED) is 0.164. The van der Waals surface area contributed by atoms with E-state index in [0.717, 1.165) is 0 Å². The molecule has 3 fully saturated rings. The summed E-state index contributed by atoms with van der Waals surface area (Å²) in [5.74, 6) is -0.159. The van der Waals surface area contributed by atoms with Gasteiger partial charge in [0.15, 0.2) is 47.4 Å². The van der Waals surface area contributed by atoms with E-state index in [2.05, 4.69) is 29.9 Å². The van der Waals surface area contributed by atoms with Crippen LogP contribution in [0.4, 0.5) is 16.2 Å². The van der Waals surface area contributed by atoms with Crippen LogP contribution in [0, 0.1) is 0 Å². The molecule has 234 valence electrons. The van der Waals surface area contributed by atoms with Crippen molar-refractivity contribution in [3.05, 3.63) is 29.3 Å². The molecule has 0 amide bonds. The summed E-state index contributed by atoms with van der Waals surface area (Å²) in [6.07, 6.45) is -8.13. The van der Waals surface area contributed by atoms with Crippen molar-refractivity contribution >= 4 is 60.9 Å². The molecule has 0 saturated carbocycles. The zero-order valence-electron chi connectivity index (χ0n) is 21.9. The fraction of sp³-hybridized carbons (Fsp3) is 0.500. The maximum absolute atomic E-state index is 15.9. The average molecular weight is 675 g/mol. The van der Waals surface area contributed by atoms with E-state index < -0.39 is 82.9 Å². The number of rotatable bonds is 2. The monoisotopic (exact) mass is 675 g/mol. The van der Waals surface area contributed by atoms with Crippen LogP contribution in [0.5, 0.6) is 0 Å². The van der Waals surface area contributed by atoms with Gasteiger partial charge in [-0.25, -0.2) is 24.3 Å². The topological polar surface area (TPSA) is 272 Å². The van der Waals surface area contributed by atoms with E-state index in [1.807, 2.05) is 0 Å². The number of aliphatic hydroxyl groups is 1. The van der Waals surface area contributed by atoms with Gasteiger partial charge in [-0.05, 0) is 11.8 Å². The third-order valence-electron chi connectivity index (χ3n) is 7.17. The van der Waals surface area contributed by atoms with Crippen LogP contribution < -0.4 is 17.0 Å². The van der Waals surface area contributed by atoms with Crippen LogP contribution in [0.25, 0.3) is 22.3 Å². The molecule has 0 spiro atoms. The molecule has 2 bridgehead atoms. The van der Waals surface area contributed by atoms with Gasteiger partial charge in [0, 0.05) is 4.57 Å². The molecule has 3 aliphatic rings. The number of aromatic nitrogens is 8. The van der Waals surface area contributed by atoms with Crippen LogP contribution in [-0.4, -0.2) is 98.9 Å². The van der Waals surface area contributed by atoms with Crippen LogP contribution in [0.15, 0.2) is 23.8 Å². The van der Waals surface area contributed by atoms with Gasteiger partial charge in [-0.2, -0.15) is 4.98 Å². The van der Waals surface area contributed by atoms with E-state index in [1.54, 1.807) is 0 Å². The molecule has 20 nitrogen and oxygen atoms in total. The Bertz CT molecular complexity index is 1880. The zero-order chi connectivity index (χ0) is 30.9. The summed E-state index contributed by atoms with van der Waals surface area (Å²) >= 11 is 5.21. The van der Waals surface area contributed by atoms with Gasteiger partial charge in [-0.15, -0.1) is 9.05 Å². The first-order valence-corrected chi connectivity index (χ1v) is 16.4. The van der Waals surface area contributed by atoms with Gasteiger partial charge in [-0.1, -0.05) is 0 Å². The highest BCUT2D eigenvalue weighted by Gasteiger charge is 2.55. The van der Waals surface area contributed by atoms with Crippen LogP contribution in [0.3, 0.4) is 0 Å². The molecule has 24 heteroatoms. The number of alkyl halides is 1. The highest BCUT2D eigenvalue weighted by Crippen LogP contribution is 2.51. The molecule has 3 aliphatic heterocycles. The fourth-order valence-electron chi connectivity index (χ4n) is 5.17. The minimum Gasteiger partial charge on any atom is -0.387 e. The molecule has 4 aromatic heterocycles. The Balaban J connectivity index is 1.18. The Kier molecular flexibility index (Phi) is 7.41. The van der Waals surface area contributed by atoms with Crippen molar-refractivity contribution in [2.24, 2.45) is 0 Å². The second-order valence-electron chi connectivity index (χ2n) is 9.85. The number of nitrogens with two attached hydrogens (primary N) is 2. The lowest BCUT2D eigenvalue weighted by molar-refractivity contribution is -0.0583. The van der Waals surface area contributed by atoms with Crippen molar-refractivity contribution in [3.63, 3.8) is 0 Å². The van der Waals surface area contributed by atoms with Gasteiger partial charge in [0.25, 0.3) is 5.56 Å². The first kappa shape index (κ1) is 29.6.